The summed E-state index contributed by atoms with van der Waals surface area (Å²) in [5.41, 5.74) is 8.53. The molecule has 2 N–H and O–H groups in total. The van der Waals surface area contributed by atoms with Crippen LogP contribution in [0.25, 0.3) is 0 Å². The van der Waals surface area contributed by atoms with Crippen LogP contribution in [-0.4, -0.2) is 62.7 Å². The summed E-state index contributed by atoms with van der Waals surface area (Å²) < 4.78 is 0. The molecule has 9 rings (SSSR count). The normalized spacial score (nSPS) is 27.9. The molecule has 3 aliphatic heterocycles. The molecule has 6 atom stereocenters. The number of allylic oxidation sites excluding steroid dienone is 2. The van der Waals surface area contributed by atoms with Gasteiger partial charge in [-0.3, -0.25) is 34.4 Å². The molecule has 4 aromatic carbocycles. The first-order valence-corrected chi connectivity index (χ1v) is 20.0. The number of rotatable bonds is 7. The van der Waals surface area contributed by atoms with Crippen LogP contribution in [0.2, 0.25) is 0 Å². The van der Waals surface area contributed by atoms with Crippen LogP contribution in [0.15, 0.2) is 109 Å². The van der Waals surface area contributed by atoms with Crippen LogP contribution in [0, 0.1) is 44.4 Å². The Kier molecular flexibility index (Phi) is 8.96. The zero-order valence-electron chi connectivity index (χ0n) is 32.2. The van der Waals surface area contributed by atoms with Gasteiger partial charge in [0.15, 0.2) is 0 Å². The fraction of sp³-hybridized carbons (Fsp3) is 0.362. The molecule has 3 heterocycles. The van der Waals surface area contributed by atoms with Gasteiger partial charge >= 0.3 is 0 Å². The molecular weight excluding hydrogens is 701 g/mol. The Balaban J connectivity index is 1.11. The first kappa shape index (κ1) is 36.1. The maximum Gasteiger partial charge on any atom is 0.260 e. The number of nitrogens with zero attached hydrogens (tertiary/aromatic N) is 3. The smallest absolute Gasteiger partial charge is 0.260 e. The highest BCUT2D eigenvalue weighted by Crippen LogP contribution is 2.64. The van der Waals surface area contributed by atoms with Gasteiger partial charge < -0.3 is 5.11 Å². The molecule has 0 aromatic heterocycles. The van der Waals surface area contributed by atoms with Crippen molar-refractivity contribution in [2.45, 2.75) is 70.4 Å². The molecule has 4 fully saturated rings. The first-order valence-electron chi connectivity index (χ1n) is 20.0. The van der Waals surface area contributed by atoms with Crippen molar-refractivity contribution >= 4 is 29.3 Å². The van der Waals surface area contributed by atoms with Gasteiger partial charge in [0.1, 0.15) is 5.75 Å². The molecule has 4 aromatic rings. The van der Waals surface area contributed by atoms with Crippen molar-refractivity contribution in [1.82, 2.24) is 14.8 Å². The lowest BCUT2D eigenvalue weighted by Gasteiger charge is -2.50. The number of phenols is 1. The summed E-state index contributed by atoms with van der Waals surface area (Å²) in [6.45, 7) is 8.10. The lowest BCUT2D eigenvalue weighted by molar-refractivity contribution is -0.144. The van der Waals surface area contributed by atoms with Crippen molar-refractivity contribution in [3.05, 3.63) is 142 Å². The number of nitrogens with one attached hydrogen (secondary N) is 1. The van der Waals surface area contributed by atoms with Gasteiger partial charge in [0.25, 0.3) is 11.8 Å². The largest absolute Gasteiger partial charge is 0.507 e. The van der Waals surface area contributed by atoms with E-state index in [1.165, 1.54) is 10.6 Å². The van der Waals surface area contributed by atoms with Crippen LogP contribution >= 0.6 is 0 Å². The average Bonchev–Trinajstić information content (AvgIpc) is 3.59. The number of fused-ring (bicyclic) bond motifs is 4. The molecule has 5 aliphatic rings. The second-order valence-corrected chi connectivity index (χ2v) is 16.6. The number of amides is 4. The average molecular weight is 749 g/mol. The van der Waals surface area contributed by atoms with E-state index in [0.717, 1.165) is 54.7 Å². The third kappa shape index (κ3) is 5.61. The summed E-state index contributed by atoms with van der Waals surface area (Å²) >= 11 is 0. The Bertz CT molecular complexity index is 2220. The van der Waals surface area contributed by atoms with Gasteiger partial charge in [-0.15, -0.1) is 0 Å². The summed E-state index contributed by atoms with van der Waals surface area (Å²) in [6.07, 6.45) is 4.19. The summed E-state index contributed by atoms with van der Waals surface area (Å²) in [7, 11) is 0. The predicted molar refractivity (Wildman–Crippen MR) is 213 cm³/mol. The highest BCUT2D eigenvalue weighted by Gasteiger charge is 2.70. The number of imide groups is 2. The standard InChI is InChI=1S/C47H48N4O5/c1-28-14-16-34(17-15-28)48-51-44(54)39-26-38-36(41(32-24-29(2)42(52)30(3)25-32)47(39,46(51)56)33-12-8-5-9-13-33)18-19-37-40(38)45(55)50(43(37)53)35-20-22-49(23-21-35)27-31-10-6-4-7-11-31/h4-18,24-25,35,37-41,48,52H,19-23,26-27H2,1-3H3. The molecule has 6 unspecified atom stereocenters. The van der Waals surface area contributed by atoms with E-state index in [1.54, 1.807) is 4.90 Å². The van der Waals surface area contributed by atoms with Crippen molar-refractivity contribution in [3.63, 3.8) is 0 Å². The van der Waals surface area contributed by atoms with Crippen molar-refractivity contribution in [1.29, 1.82) is 0 Å². The van der Waals surface area contributed by atoms with Crippen molar-refractivity contribution in [3.8, 4) is 5.75 Å². The SMILES string of the molecule is Cc1ccc(NN2C(=O)C3CC4C(=CCC5C(=O)N(C6CCN(Cc7ccccc7)CC6)C(=O)C54)C(c4cc(C)c(O)c(C)c4)C3(c3ccccc3)C2=O)cc1. The summed E-state index contributed by atoms with van der Waals surface area (Å²) in [5.74, 6) is -3.80. The van der Waals surface area contributed by atoms with E-state index in [1.807, 2.05) is 106 Å². The Morgan fingerprint density at radius 2 is 1.41 bits per heavy atom. The maximum atomic E-state index is 15.4. The molecule has 286 valence electrons. The summed E-state index contributed by atoms with van der Waals surface area (Å²) in [4.78, 5) is 63.6. The van der Waals surface area contributed by atoms with Crippen LogP contribution < -0.4 is 5.43 Å². The zero-order valence-corrected chi connectivity index (χ0v) is 32.2. The van der Waals surface area contributed by atoms with E-state index in [-0.39, 0.29) is 41.8 Å². The second-order valence-electron chi connectivity index (χ2n) is 16.6. The van der Waals surface area contributed by atoms with E-state index in [0.29, 0.717) is 23.2 Å². The Hall–Kier alpha value is -5.54. The quantitative estimate of drug-likeness (QED) is 0.155. The van der Waals surface area contributed by atoms with E-state index in [2.05, 4.69) is 28.5 Å². The number of hydrogen-bond acceptors (Lipinski definition) is 7. The van der Waals surface area contributed by atoms with Crippen LogP contribution in [0.4, 0.5) is 5.69 Å². The van der Waals surface area contributed by atoms with E-state index >= 15 is 4.79 Å². The fourth-order valence-electron chi connectivity index (χ4n) is 10.8. The van der Waals surface area contributed by atoms with Gasteiger partial charge in [-0.05, 0) is 92.3 Å². The molecule has 2 aliphatic carbocycles. The van der Waals surface area contributed by atoms with Crippen LogP contribution in [-0.2, 0) is 31.1 Å². The van der Waals surface area contributed by atoms with Gasteiger partial charge in [0.05, 0.1) is 28.9 Å². The minimum Gasteiger partial charge on any atom is -0.507 e. The number of hydrazine groups is 1. The number of anilines is 1. The van der Waals surface area contributed by atoms with Crippen LogP contribution in [0.5, 0.6) is 5.75 Å². The Morgan fingerprint density at radius 3 is 2.07 bits per heavy atom. The minimum atomic E-state index is -1.35. The minimum absolute atomic E-state index is 0.110. The van der Waals surface area contributed by atoms with Crippen molar-refractivity contribution in [2.75, 3.05) is 18.5 Å². The molecule has 0 bridgehead atoms. The van der Waals surface area contributed by atoms with Crippen LogP contribution in [0.3, 0.4) is 0 Å². The Morgan fingerprint density at radius 1 is 0.768 bits per heavy atom. The number of piperidine rings is 1. The molecule has 0 radical (unpaired) electrons. The molecule has 0 spiro atoms. The number of carbonyl (C=O) groups excluding carboxylic acids is 4. The first-order chi connectivity index (χ1) is 27.1. The monoisotopic (exact) mass is 748 g/mol. The van der Waals surface area contributed by atoms with Crippen LogP contribution in [0.1, 0.15) is 65.0 Å². The number of likely N-dealkylation sites (tertiary alicyclic amines) is 2. The van der Waals surface area contributed by atoms with Gasteiger partial charge in [-0.25, -0.2) is 0 Å². The molecular formula is C47H48N4O5. The van der Waals surface area contributed by atoms with E-state index in [9.17, 15) is 19.5 Å². The van der Waals surface area contributed by atoms with Gasteiger partial charge in [0, 0.05) is 31.6 Å². The highest BCUT2D eigenvalue weighted by molar-refractivity contribution is 6.13. The second kappa shape index (κ2) is 13.9. The van der Waals surface area contributed by atoms with Gasteiger partial charge in [0.2, 0.25) is 11.8 Å². The Labute approximate surface area is 328 Å². The molecule has 9 nitrogen and oxygen atoms in total. The number of carbonyl (C=O) groups is 4. The zero-order chi connectivity index (χ0) is 38.9. The van der Waals surface area contributed by atoms with Crippen molar-refractivity contribution < 1.29 is 24.3 Å². The maximum absolute atomic E-state index is 15.4. The topological polar surface area (TPSA) is 110 Å². The van der Waals surface area contributed by atoms with Gasteiger partial charge in [-0.2, -0.15) is 5.01 Å². The molecule has 3 saturated heterocycles. The van der Waals surface area contributed by atoms with Gasteiger partial charge in [-0.1, -0.05) is 102 Å². The molecule has 56 heavy (non-hydrogen) atoms. The predicted octanol–water partition coefficient (Wildman–Crippen LogP) is 6.97. The third-order valence-corrected chi connectivity index (χ3v) is 13.4. The summed E-state index contributed by atoms with van der Waals surface area (Å²) in [6, 6.07) is 31.2. The number of aryl methyl sites for hydroxylation is 3. The number of benzene rings is 4. The highest BCUT2D eigenvalue weighted by atomic mass is 16.3. The van der Waals surface area contributed by atoms with Crippen molar-refractivity contribution in [2.24, 2.45) is 23.7 Å². The fourth-order valence-corrected chi connectivity index (χ4v) is 10.8. The number of hydrogen-bond donors (Lipinski definition) is 2. The molecule has 1 saturated carbocycles. The third-order valence-electron chi connectivity index (χ3n) is 13.4. The van der Waals surface area contributed by atoms with E-state index in [4.69, 9.17) is 0 Å². The number of aromatic hydroxyl groups is 1. The lowest BCUT2D eigenvalue weighted by Crippen LogP contribution is -2.53. The molecule has 9 heteroatoms. The molecule has 4 amide bonds. The lowest BCUT2D eigenvalue weighted by atomic mass is 9.49. The van der Waals surface area contributed by atoms with E-state index < -0.39 is 35.0 Å². The number of phenolic OH excluding ortho intramolecular Hbond substituents is 1. The summed E-state index contributed by atoms with van der Waals surface area (Å²) in [5, 5.41) is 12.1.